The Bertz CT molecular complexity index is 672. The molecule has 5 nitrogen and oxygen atoms in total. The maximum atomic E-state index is 12.7. The Kier molecular flexibility index (Phi) is 3.75. The van der Waals surface area contributed by atoms with E-state index in [9.17, 15) is 4.79 Å². The molecule has 2 heterocycles. The third-order valence-corrected chi connectivity index (χ3v) is 4.03. The van der Waals surface area contributed by atoms with Crippen molar-refractivity contribution in [3.63, 3.8) is 0 Å². The number of rotatable bonds is 3. The molecule has 1 saturated heterocycles. The first-order valence-electron chi connectivity index (χ1n) is 7.12. The molecule has 3 rings (SSSR count). The Hall–Kier alpha value is -2.14. The van der Waals surface area contributed by atoms with Gasteiger partial charge in [0.15, 0.2) is 0 Å². The van der Waals surface area contributed by atoms with Gasteiger partial charge in [-0.2, -0.15) is 0 Å². The van der Waals surface area contributed by atoms with Crippen LogP contribution in [0.2, 0.25) is 0 Å². The van der Waals surface area contributed by atoms with E-state index in [1.807, 2.05) is 36.2 Å². The molecule has 0 radical (unpaired) electrons. The molecule has 2 aromatic rings. The van der Waals surface area contributed by atoms with Gasteiger partial charge < -0.3 is 15.0 Å². The summed E-state index contributed by atoms with van der Waals surface area (Å²) < 4.78 is 5.33. The van der Waals surface area contributed by atoms with Gasteiger partial charge in [-0.15, -0.1) is 0 Å². The van der Waals surface area contributed by atoms with E-state index in [1.165, 1.54) is 0 Å². The quantitative estimate of drug-likeness (QED) is 0.938. The molecule has 1 amide bonds. The normalized spacial score (nSPS) is 18.2. The Labute approximate surface area is 123 Å². The van der Waals surface area contributed by atoms with Gasteiger partial charge in [0.05, 0.1) is 11.7 Å². The van der Waals surface area contributed by atoms with Crippen LogP contribution in [0.1, 0.15) is 16.8 Å². The fraction of sp³-hybridized carbons (Fsp3) is 0.375. The molecular formula is C16H19N3O2. The standard InChI is InChI=1S/C16H19N3O2/c1-17-15-13-6-4-3-5-12(13)14(9-18-15)16(20)19-8-7-11(10-19)21-2/h3-6,9,11H,7-8,10H2,1-2H3,(H,17,18). The Balaban J connectivity index is 1.99. The van der Waals surface area contributed by atoms with E-state index in [1.54, 1.807) is 13.3 Å². The summed E-state index contributed by atoms with van der Waals surface area (Å²) in [5, 5.41) is 4.96. The molecule has 21 heavy (non-hydrogen) atoms. The van der Waals surface area contributed by atoms with Crippen LogP contribution in [0.15, 0.2) is 30.5 Å². The van der Waals surface area contributed by atoms with E-state index in [0.29, 0.717) is 12.1 Å². The minimum Gasteiger partial charge on any atom is -0.380 e. The smallest absolute Gasteiger partial charge is 0.256 e. The summed E-state index contributed by atoms with van der Waals surface area (Å²) in [6.45, 7) is 1.39. The highest BCUT2D eigenvalue weighted by molar-refractivity contribution is 6.09. The van der Waals surface area contributed by atoms with Crippen LogP contribution in [0.4, 0.5) is 5.82 Å². The number of carbonyl (C=O) groups excluding carboxylic acids is 1. The number of carbonyl (C=O) groups is 1. The third-order valence-electron chi connectivity index (χ3n) is 4.03. The largest absolute Gasteiger partial charge is 0.380 e. The average Bonchev–Trinajstić information content (AvgIpc) is 3.02. The van der Waals surface area contributed by atoms with Crippen molar-refractivity contribution in [3.05, 3.63) is 36.0 Å². The molecule has 5 heteroatoms. The number of benzene rings is 1. The predicted molar refractivity (Wildman–Crippen MR) is 82.6 cm³/mol. The molecule has 1 aliphatic rings. The highest BCUT2D eigenvalue weighted by atomic mass is 16.5. The predicted octanol–water partition coefficient (Wildman–Crippen LogP) is 2.14. The van der Waals surface area contributed by atoms with Crippen molar-refractivity contribution in [1.82, 2.24) is 9.88 Å². The molecule has 0 bridgehead atoms. The third kappa shape index (κ3) is 2.45. The van der Waals surface area contributed by atoms with Crippen molar-refractivity contribution in [2.75, 3.05) is 32.6 Å². The van der Waals surface area contributed by atoms with Gasteiger partial charge in [0.1, 0.15) is 5.82 Å². The van der Waals surface area contributed by atoms with Crippen LogP contribution in [0.5, 0.6) is 0 Å². The fourth-order valence-electron chi connectivity index (χ4n) is 2.84. The molecule has 1 atom stereocenters. The first kappa shape index (κ1) is 13.8. The van der Waals surface area contributed by atoms with Crippen LogP contribution in [0.3, 0.4) is 0 Å². The number of fused-ring (bicyclic) bond motifs is 1. The second kappa shape index (κ2) is 5.69. The Morgan fingerprint density at radius 1 is 1.38 bits per heavy atom. The molecule has 1 unspecified atom stereocenters. The highest BCUT2D eigenvalue weighted by Crippen LogP contribution is 2.26. The van der Waals surface area contributed by atoms with Crippen molar-refractivity contribution in [1.29, 1.82) is 0 Å². The lowest BCUT2D eigenvalue weighted by Crippen LogP contribution is -2.30. The maximum absolute atomic E-state index is 12.7. The maximum Gasteiger partial charge on any atom is 0.256 e. The zero-order chi connectivity index (χ0) is 14.8. The second-order valence-electron chi connectivity index (χ2n) is 5.21. The van der Waals surface area contributed by atoms with Gasteiger partial charge in [0.25, 0.3) is 5.91 Å². The lowest BCUT2D eigenvalue weighted by atomic mass is 10.1. The van der Waals surface area contributed by atoms with Crippen LogP contribution >= 0.6 is 0 Å². The van der Waals surface area contributed by atoms with E-state index in [4.69, 9.17) is 4.74 Å². The topological polar surface area (TPSA) is 54.5 Å². The van der Waals surface area contributed by atoms with Gasteiger partial charge in [-0.3, -0.25) is 4.79 Å². The molecule has 1 fully saturated rings. The molecule has 1 aromatic heterocycles. The van der Waals surface area contributed by atoms with Crippen LogP contribution < -0.4 is 5.32 Å². The minimum absolute atomic E-state index is 0.0286. The van der Waals surface area contributed by atoms with Crippen molar-refractivity contribution in [3.8, 4) is 0 Å². The number of methoxy groups -OCH3 is 1. The summed E-state index contributed by atoms with van der Waals surface area (Å²) in [6, 6.07) is 7.85. The molecule has 0 saturated carbocycles. The van der Waals surface area contributed by atoms with Crippen LogP contribution in [-0.2, 0) is 4.74 Å². The van der Waals surface area contributed by atoms with E-state index < -0.39 is 0 Å². The molecular weight excluding hydrogens is 266 g/mol. The number of hydrogen-bond donors (Lipinski definition) is 1. The Morgan fingerprint density at radius 2 is 2.14 bits per heavy atom. The second-order valence-corrected chi connectivity index (χ2v) is 5.21. The first-order chi connectivity index (χ1) is 10.2. The number of pyridine rings is 1. The van der Waals surface area contributed by atoms with E-state index in [-0.39, 0.29) is 12.0 Å². The number of nitrogens with one attached hydrogen (secondary N) is 1. The number of aromatic nitrogens is 1. The lowest BCUT2D eigenvalue weighted by molar-refractivity contribution is 0.0725. The number of hydrogen-bond acceptors (Lipinski definition) is 4. The Morgan fingerprint density at radius 3 is 2.81 bits per heavy atom. The molecule has 0 spiro atoms. The van der Waals surface area contributed by atoms with Crippen LogP contribution in [0, 0.1) is 0 Å². The molecule has 1 N–H and O–H groups in total. The number of ether oxygens (including phenoxy) is 1. The summed E-state index contributed by atoms with van der Waals surface area (Å²) in [4.78, 5) is 18.9. The number of likely N-dealkylation sites (tertiary alicyclic amines) is 1. The SMILES string of the molecule is CNc1ncc(C(=O)N2CCC(OC)C2)c2ccccc12. The zero-order valence-corrected chi connectivity index (χ0v) is 12.3. The molecule has 110 valence electrons. The summed E-state index contributed by atoms with van der Waals surface area (Å²) >= 11 is 0. The van der Waals surface area contributed by atoms with E-state index in [0.717, 1.165) is 29.6 Å². The van der Waals surface area contributed by atoms with Gasteiger partial charge in [-0.05, 0) is 11.8 Å². The fourth-order valence-corrected chi connectivity index (χ4v) is 2.84. The summed E-state index contributed by atoms with van der Waals surface area (Å²) in [5.74, 6) is 0.819. The van der Waals surface area contributed by atoms with Gasteiger partial charge in [0, 0.05) is 38.8 Å². The zero-order valence-electron chi connectivity index (χ0n) is 12.3. The number of amides is 1. The van der Waals surface area contributed by atoms with Gasteiger partial charge >= 0.3 is 0 Å². The molecule has 0 aliphatic carbocycles. The molecule has 1 aliphatic heterocycles. The van der Waals surface area contributed by atoms with Crippen molar-refractivity contribution in [2.24, 2.45) is 0 Å². The van der Waals surface area contributed by atoms with Crippen LogP contribution in [-0.4, -0.2) is 49.1 Å². The minimum atomic E-state index is 0.0286. The lowest BCUT2D eigenvalue weighted by Gasteiger charge is -2.18. The van der Waals surface area contributed by atoms with Crippen LogP contribution in [0.25, 0.3) is 10.8 Å². The van der Waals surface area contributed by atoms with E-state index in [2.05, 4.69) is 10.3 Å². The van der Waals surface area contributed by atoms with Gasteiger partial charge in [-0.1, -0.05) is 24.3 Å². The number of anilines is 1. The van der Waals surface area contributed by atoms with Gasteiger partial charge in [-0.25, -0.2) is 4.98 Å². The van der Waals surface area contributed by atoms with E-state index >= 15 is 0 Å². The average molecular weight is 285 g/mol. The number of nitrogens with zero attached hydrogens (tertiary/aromatic N) is 2. The van der Waals surface area contributed by atoms with Crippen molar-refractivity contribution < 1.29 is 9.53 Å². The summed E-state index contributed by atoms with van der Waals surface area (Å²) in [6.07, 6.45) is 2.70. The summed E-state index contributed by atoms with van der Waals surface area (Å²) in [5.41, 5.74) is 0.654. The van der Waals surface area contributed by atoms with Crippen molar-refractivity contribution in [2.45, 2.75) is 12.5 Å². The highest BCUT2D eigenvalue weighted by Gasteiger charge is 2.28. The summed E-state index contributed by atoms with van der Waals surface area (Å²) in [7, 11) is 3.53. The van der Waals surface area contributed by atoms with Gasteiger partial charge in [0.2, 0.25) is 0 Å². The monoisotopic (exact) mass is 285 g/mol. The first-order valence-corrected chi connectivity index (χ1v) is 7.12. The molecule has 1 aromatic carbocycles. The van der Waals surface area contributed by atoms with Crippen molar-refractivity contribution >= 4 is 22.5 Å².